The zero-order valence-corrected chi connectivity index (χ0v) is 16.2. The molecular weight excluding hydrogens is 352 g/mol. The van der Waals surface area contributed by atoms with Crippen molar-refractivity contribution in [1.82, 2.24) is 10.3 Å². The van der Waals surface area contributed by atoms with Gasteiger partial charge >= 0.3 is 0 Å². The summed E-state index contributed by atoms with van der Waals surface area (Å²) in [5.41, 5.74) is 0.990. The number of benzene rings is 1. The molecule has 2 aromatic rings. The fourth-order valence-corrected chi connectivity index (χ4v) is 2.56. The maximum atomic E-state index is 6.39. The molecule has 0 unspecified atom stereocenters. The van der Waals surface area contributed by atoms with Gasteiger partial charge in [0.05, 0.1) is 19.8 Å². The monoisotopic (exact) mass is 378 g/mol. The maximum Gasteiger partial charge on any atom is 0.213 e. The molecule has 6 heteroatoms. The number of halogens is 1. The van der Waals surface area contributed by atoms with E-state index in [-0.39, 0.29) is 0 Å². The summed E-state index contributed by atoms with van der Waals surface area (Å²) in [4.78, 5) is 4.13. The molecule has 0 saturated heterocycles. The minimum absolute atomic E-state index is 0.585. The van der Waals surface area contributed by atoms with Gasteiger partial charge in [-0.3, -0.25) is 0 Å². The molecule has 0 aliphatic heterocycles. The van der Waals surface area contributed by atoms with Crippen LogP contribution in [-0.4, -0.2) is 31.3 Å². The van der Waals surface area contributed by atoms with Crippen LogP contribution in [0, 0.1) is 0 Å². The second-order valence-corrected chi connectivity index (χ2v) is 6.13. The first-order chi connectivity index (χ1) is 12.7. The topological polar surface area (TPSA) is 52.6 Å². The predicted octanol–water partition coefficient (Wildman–Crippen LogP) is 4.48. The fraction of sp³-hybridized carbons (Fsp3) is 0.450. The van der Waals surface area contributed by atoms with E-state index in [1.54, 1.807) is 6.20 Å². The van der Waals surface area contributed by atoms with Crippen LogP contribution < -0.4 is 19.5 Å². The van der Waals surface area contributed by atoms with E-state index in [1.165, 1.54) is 0 Å². The zero-order chi connectivity index (χ0) is 18.6. The van der Waals surface area contributed by atoms with Gasteiger partial charge in [0.25, 0.3) is 0 Å². The number of aromatic nitrogens is 1. The SMILES string of the molecule is CCCOc1cc(Cl)c(CNCCCOc2ccccn2)cc1OCC. The molecule has 0 spiro atoms. The van der Waals surface area contributed by atoms with Crippen molar-refractivity contribution >= 4 is 11.6 Å². The molecule has 2 rings (SSSR count). The van der Waals surface area contributed by atoms with Crippen LogP contribution >= 0.6 is 11.6 Å². The van der Waals surface area contributed by atoms with Crippen molar-refractivity contribution in [3.63, 3.8) is 0 Å². The van der Waals surface area contributed by atoms with Crippen LogP contribution in [0.3, 0.4) is 0 Å². The molecule has 0 aliphatic carbocycles. The van der Waals surface area contributed by atoms with E-state index in [1.807, 2.05) is 37.3 Å². The lowest BCUT2D eigenvalue weighted by molar-refractivity contribution is 0.276. The Balaban J connectivity index is 1.79. The Morgan fingerprint density at radius 1 is 1.04 bits per heavy atom. The first kappa shape index (κ1) is 20.3. The average molecular weight is 379 g/mol. The van der Waals surface area contributed by atoms with Crippen LogP contribution in [0.4, 0.5) is 0 Å². The maximum absolute atomic E-state index is 6.39. The van der Waals surface area contributed by atoms with Crippen LogP contribution in [0.1, 0.15) is 32.3 Å². The van der Waals surface area contributed by atoms with Gasteiger partial charge in [-0.05, 0) is 44.0 Å². The quantitative estimate of drug-likeness (QED) is 0.552. The van der Waals surface area contributed by atoms with Crippen LogP contribution in [0.5, 0.6) is 17.4 Å². The lowest BCUT2D eigenvalue weighted by Gasteiger charge is -2.15. The molecular formula is C20H27ClN2O3. The van der Waals surface area contributed by atoms with Crippen molar-refractivity contribution in [2.24, 2.45) is 0 Å². The van der Waals surface area contributed by atoms with Crippen molar-refractivity contribution in [1.29, 1.82) is 0 Å². The Labute approximate surface area is 160 Å². The molecule has 142 valence electrons. The number of ether oxygens (including phenoxy) is 3. The first-order valence-corrected chi connectivity index (χ1v) is 9.45. The second kappa shape index (κ2) is 11.6. The Bertz CT molecular complexity index is 653. The van der Waals surface area contributed by atoms with Gasteiger partial charge in [0.1, 0.15) is 0 Å². The summed E-state index contributed by atoms with van der Waals surface area (Å²) >= 11 is 6.39. The van der Waals surface area contributed by atoms with Crippen LogP contribution in [0.2, 0.25) is 5.02 Å². The van der Waals surface area contributed by atoms with E-state index in [2.05, 4.69) is 17.2 Å². The van der Waals surface area contributed by atoms with E-state index in [9.17, 15) is 0 Å². The summed E-state index contributed by atoms with van der Waals surface area (Å²) in [7, 11) is 0. The smallest absolute Gasteiger partial charge is 0.213 e. The highest BCUT2D eigenvalue weighted by atomic mass is 35.5. The molecule has 0 saturated carbocycles. The van der Waals surface area contributed by atoms with Crippen molar-refractivity contribution in [3.05, 3.63) is 47.1 Å². The average Bonchev–Trinajstić information content (AvgIpc) is 2.66. The van der Waals surface area contributed by atoms with Gasteiger partial charge in [-0.15, -0.1) is 0 Å². The van der Waals surface area contributed by atoms with Crippen molar-refractivity contribution in [3.8, 4) is 17.4 Å². The molecule has 0 bridgehead atoms. The zero-order valence-electron chi connectivity index (χ0n) is 15.5. The molecule has 0 atom stereocenters. The summed E-state index contributed by atoms with van der Waals surface area (Å²) in [5, 5.41) is 4.06. The third-order valence-electron chi connectivity index (χ3n) is 3.58. The molecule has 0 fully saturated rings. The summed E-state index contributed by atoms with van der Waals surface area (Å²) in [5.74, 6) is 2.09. The van der Waals surface area contributed by atoms with Gasteiger partial charge in [0.15, 0.2) is 11.5 Å². The summed E-state index contributed by atoms with van der Waals surface area (Å²) in [6.07, 6.45) is 3.54. The van der Waals surface area contributed by atoms with Gasteiger partial charge in [-0.25, -0.2) is 4.98 Å². The summed E-state index contributed by atoms with van der Waals surface area (Å²) in [6.45, 7) is 7.35. The molecule has 1 heterocycles. The fourth-order valence-electron chi connectivity index (χ4n) is 2.34. The summed E-state index contributed by atoms with van der Waals surface area (Å²) < 4.78 is 17.0. The Kier molecular flexibility index (Phi) is 9.07. The molecule has 0 aliphatic rings. The van der Waals surface area contributed by atoms with Crippen molar-refractivity contribution in [2.75, 3.05) is 26.4 Å². The number of nitrogens with zero attached hydrogens (tertiary/aromatic N) is 1. The largest absolute Gasteiger partial charge is 0.490 e. The Hall–Kier alpha value is -1.98. The third-order valence-corrected chi connectivity index (χ3v) is 3.93. The molecule has 0 radical (unpaired) electrons. The van der Waals surface area contributed by atoms with E-state index in [4.69, 9.17) is 25.8 Å². The van der Waals surface area contributed by atoms with Gasteiger partial charge in [0, 0.05) is 29.9 Å². The lowest BCUT2D eigenvalue weighted by atomic mass is 10.2. The van der Waals surface area contributed by atoms with E-state index >= 15 is 0 Å². The molecule has 0 amide bonds. The number of rotatable bonds is 12. The highest BCUT2D eigenvalue weighted by molar-refractivity contribution is 6.31. The van der Waals surface area contributed by atoms with Crippen LogP contribution in [0.25, 0.3) is 0 Å². The number of hydrogen-bond acceptors (Lipinski definition) is 5. The van der Waals surface area contributed by atoms with E-state index in [0.29, 0.717) is 43.0 Å². The lowest BCUT2D eigenvalue weighted by Crippen LogP contribution is -2.17. The minimum Gasteiger partial charge on any atom is -0.490 e. The van der Waals surface area contributed by atoms with Gasteiger partial charge in [0.2, 0.25) is 5.88 Å². The van der Waals surface area contributed by atoms with Crippen LogP contribution in [0.15, 0.2) is 36.5 Å². The molecule has 1 N–H and O–H groups in total. The standard InChI is InChI=1S/C20H27ClN2O3/c1-3-11-25-19-14-17(21)16(13-18(19)24-4-2)15-22-9-7-12-26-20-8-5-6-10-23-20/h5-6,8,10,13-14,22H,3-4,7,9,11-12,15H2,1-2H3. The van der Waals surface area contributed by atoms with E-state index < -0.39 is 0 Å². The Morgan fingerprint density at radius 3 is 2.62 bits per heavy atom. The minimum atomic E-state index is 0.585. The second-order valence-electron chi connectivity index (χ2n) is 5.72. The first-order valence-electron chi connectivity index (χ1n) is 9.07. The van der Waals surface area contributed by atoms with Crippen LogP contribution in [-0.2, 0) is 6.54 Å². The molecule has 1 aromatic heterocycles. The molecule has 5 nitrogen and oxygen atoms in total. The highest BCUT2D eigenvalue weighted by Crippen LogP contribution is 2.33. The normalized spacial score (nSPS) is 10.6. The predicted molar refractivity (Wildman–Crippen MR) is 104 cm³/mol. The summed E-state index contributed by atoms with van der Waals surface area (Å²) in [6, 6.07) is 9.42. The highest BCUT2D eigenvalue weighted by Gasteiger charge is 2.11. The van der Waals surface area contributed by atoms with Gasteiger partial charge in [-0.1, -0.05) is 24.6 Å². The number of nitrogens with one attached hydrogen (secondary N) is 1. The molecule has 26 heavy (non-hydrogen) atoms. The van der Waals surface area contributed by atoms with Gasteiger partial charge in [-0.2, -0.15) is 0 Å². The van der Waals surface area contributed by atoms with Crippen molar-refractivity contribution in [2.45, 2.75) is 33.2 Å². The van der Waals surface area contributed by atoms with Crippen molar-refractivity contribution < 1.29 is 14.2 Å². The van der Waals surface area contributed by atoms with E-state index in [0.717, 1.165) is 30.7 Å². The number of hydrogen-bond donors (Lipinski definition) is 1. The Morgan fingerprint density at radius 2 is 1.88 bits per heavy atom. The number of pyridine rings is 1. The third kappa shape index (κ3) is 6.73. The molecule has 1 aromatic carbocycles. The van der Waals surface area contributed by atoms with Gasteiger partial charge < -0.3 is 19.5 Å².